The molecular weight excluding hydrogens is 628 g/mol. The quantitative estimate of drug-likeness (QED) is 0.288. The predicted molar refractivity (Wildman–Crippen MR) is 127 cm³/mol. The summed E-state index contributed by atoms with van der Waals surface area (Å²) in [5.74, 6) is -11.1. The lowest BCUT2D eigenvalue weighted by Crippen LogP contribution is -2.47. The van der Waals surface area contributed by atoms with Gasteiger partial charge in [-0.25, -0.2) is 0 Å². The third kappa shape index (κ3) is 9.21. The fourth-order valence-corrected chi connectivity index (χ4v) is 3.90. The Kier molecular flexibility index (Phi) is 10.3. The molecular formula is C24H17Cl2F11N2O2. The van der Waals surface area contributed by atoms with Crippen molar-refractivity contribution in [2.24, 2.45) is 0 Å². The molecule has 2 amide bonds. The molecule has 2 aromatic rings. The van der Waals surface area contributed by atoms with Gasteiger partial charge in [0.15, 0.2) is 0 Å². The van der Waals surface area contributed by atoms with E-state index in [0.29, 0.717) is 12.1 Å². The second-order valence-electron chi connectivity index (χ2n) is 8.49. The molecule has 0 saturated carbocycles. The zero-order valence-corrected chi connectivity index (χ0v) is 21.7. The Balaban J connectivity index is 2.45. The van der Waals surface area contributed by atoms with Crippen LogP contribution in [0.5, 0.6) is 0 Å². The number of rotatable bonds is 8. The summed E-state index contributed by atoms with van der Waals surface area (Å²) in [6, 6.07) is 2.48. The van der Waals surface area contributed by atoms with Crippen LogP contribution in [0.2, 0.25) is 10.0 Å². The van der Waals surface area contributed by atoms with E-state index in [-0.39, 0.29) is 22.2 Å². The summed E-state index contributed by atoms with van der Waals surface area (Å²) in [6.45, 7) is -0.867. The molecule has 2 aromatic carbocycles. The zero-order valence-electron chi connectivity index (χ0n) is 20.2. The van der Waals surface area contributed by atoms with Gasteiger partial charge in [-0.1, -0.05) is 41.4 Å². The summed E-state index contributed by atoms with van der Waals surface area (Å²) < 4.78 is 146. The van der Waals surface area contributed by atoms with E-state index in [1.807, 2.05) is 0 Å². The van der Waals surface area contributed by atoms with Gasteiger partial charge in [0.05, 0.1) is 17.0 Å². The van der Waals surface area contributed by atoms with Gasteiger partial charge in [-0.05, 0) is 48.4 Å². The lowest BCUT2D eigenvalue weighted by molar-refractivity contribution is -0.286. The average Bonchev–Trinajstić information content (AvgIpc) is 2.80. The summed E-state index contributed by atoms with van der Waals surface area (Å²) in [6.07, 6.45) is -15.3. The summed E-state index contributed by atoms with van der Waals surface area (Å²) in [4.78, 5) is 24.2. The van der Waals surface area contributed by atoms with Crippen LogP contribution >= 0.6 is 23.2 Å². The summed E-state index contributed by atoms with van der Waals surface area (Å²) in [7, 11) is 0. The molecule has 0 spiro atoms. The van der Waals surface area contributed by atoms with Crippen molar-refractivity contribution in [2.45, 2.75) is 43.3 Å². The van der Waals surface area contributed by atoms with Crippen LogP contribution in [0.1, 0.15) is 39.9 Å². The van der Waals surface area contributed by atoms with Crippen LogP contribution in [0.25, 0.3) is 6.08 Å². The van der Waals surface area contributed by atoms with Gasteiger partial charge in [-0.15, -0.1) is 0 Å². The normalized spacial score (nSPS) is 14.6. The molecule has 0 aliphatic carbocycles. The van der Waals surface area contributed by atoms with Gasteiger partial charge in [0, 0.05) is 10.0 Å². The molecule has 0 aliphatic heterocycles. The molecule has 17 heteroatoms. The Morgan fingerprint density at radius 1 is 0.878 bits per heavy atom. The molecule has 226 valence electrons. The summed E-state index contributed by atoms with van der Waals surface area (Å²) in [5.41, 5.74) is -4.04. The summed E-state index contributed by atoms with van der Waals surface area (Å²) >= 11 is 11.4. The van der Waals surface area contributed by atoms with Crippen LogP contribution < -0.4 is 10.6 Å². The largest absolute Gasteiger partial charge is 0.454 e. The number of amides is 2. The highest BCUT2D eigenvalue weighted by Crippen LogP contribution is 2.47. The zero-order chi connectivity index (χ0) is 31.6. The van der Waals surface area contributed by atoms with Crippen molar-refractivity contribution in [3.63, 3.8) is 0 Å². The number of alkyl halides is 11. The molecule has 0 saturated heterocycles. The maximum atomic E-state index is 14.4. The van der Waals surface area contributed by atoms with Gasteiger partial charge in [-0.3, -0.25) is 9.59 Å². The topological polar surface area (TPSA) is 58.2 Å². The number of nitrogens with one attached hydrogen (secondary N) is 2. The van der Waals surface area contributed by atoms with E-state index < -0.39 is 77.0 Å². The third-order valence-electron chi connectivity index (χ3n) is 5.29. The SMILES string of the molecule is C[C@@H](NC(=O)c1ccc(/C=C/C(c2cc(Cl)cc(Cl)c2)C(F)(F)C(F)(F)F)cc1C(F)(F)F)C(=O)NCC(F)(F)F. The van der Waals surface area contributed by atoms with Crippen molar-refractivity contribution in [2.75, 3.05) is 6.54 Å². The van der Waals surface area contributed by atoms with Gasteiger partial charge >= 0.3 is 24.5 Å². The van der Waals surface area contributed by atoms with Crippen LogP contribution in [0.4, 0.5) is 48.3 Å². The Hall–Kier alpha value is -3.07. The molecule has 1 unspecified atom stereocenters. The van der Waals surface area contributed by atoms with Crippen molar-refractivity contribution in [1.29, 1.82) is 0 Å². The number of hydrogen-bond donors (Lipinski definition) is 2. The first-order valence-electron chi connectivity index (χ1n) is 11.0. The molecule has 2 rings (SSSR count). The van der Waals surface area contributed by atoms with Crippen LogP contribution in [0, 0.1) is 0 Å². The van der Waals surface area contributed by atoms with Gasteiger partial charge < -0.3 is 10.6 Å². The van der Waals surface area contributed by atoms with Crippen LogP contribution in [-0.4, -0.2) is 42.7 Å². The van der Waals surface area contributed by atoms with Crippen molar-refractivity contribution in [1.82, 2.24) is 10.6 Å². The molecule has 0 radical (unpaired) electrons. The van der Waals surface area contributed by atoms with E-state index in [0.717, 1.165) is 31.2 Å². The van der Waals surface area contributed by atoms with Gasteiger partial charge in [0.2, 0.25) is 5.91 Å². The molecule has 41 heavy (non-hydrogen) atoms. The van der Waals surface area contributed by atoms with E-state index in [4.69, 9.17) is 23.2 Å². The van der Waals surface area contributed by atoms with Crippen molar-refractivity contribution < 1.29 is 57.9 Å². The number of halogens is 13. The minimum Gasteiger partial charge on any atom is -0.345 e. The highest BCUT2D eigenvalue weighted by Gasteiger charge is 2.62. The van der Waals surface area contributed by atoms with E-state index in [1.54, 1.807) is 5.32 Å². The molecule has 2 N–H and O–H groups in total. The average molecular weight is 645 g/mol. The van der Waals surface area contributed by atoms with Gasteiger partial charge in [0.25, 0.3) is 5.91 Å². The molecule has 2 atom stereocenters. The first-order valence-corrected chi connectivity index (χ1v) is 11.7. The Morgan fingerprint density at radius 3 is 1.93 bits per heavy atom. The molecule has 0 fully saturated rings. The molecule has 0 heterocycles. The van der Waals surface area contributed by atoms with Gasteiger partial charge in [-0.2, -0.15) is 48.3 Å². The van der Waals surface area contributed by atoms with E-state index in [9.17, 15) is 57.9 Å². The highest BCUT2D eigenvalue weighted by molar-refractivity contribution is 6.34. The number of hydrogen-bond acceptors (Lipinski definition) is 2. The van der Waals surface area contributed by atoms with E-state index in [2.05, 4.69) is 0 Å². The van der Waals surface area contributed by atoms with Gasteiger partial charge in [0.1, 0.15) is 12.6 Å². The smallest absolute Gasteiger partial charge is 0.345 e. The highest BCUT2D eigenvalue weighted by atomic mass is 35.5. The number of benzene rings is 2. The van der Waals surface area contributed by atoms with Crippen molar-refractivity contribution in [3.8, 4) is 0 Å². The Bertz CT molecular complexity index is 1290. The summed E-state index contributed by atoms with van der Waals surface area (Å²) in [5, 5.41) is 2.65. The monoisotopic (exact) mass is 644 g/mol. The standard InChI is InChI=1S/C24H17Cl2F11N2O2/c1-11(19(40)38-10-21(27,28)29)39-20(41)16-4-2-12(6-18(16)23(32,33)34)3-5-17(22(30,31)24(35,36)37)13-7-14(25)9-15(26)8-13/h2-9,11,17H,10H2,1H3,(H,38,40)(H,39,41)/b5-3+/t11-,17?/m1/s1. The number of carbonyl (C=O) groups excluding carboxylic acids is 2. The maximum Gasteiger partial charge on any atom is 0.454 e. The second kappa shape index (κ2) is 12.4. The first-order chi connectivity index (χ1) is 18.5. The fraction of sp³-hybridized carbons (Fsp3) is 0.333. The minimum absolute atomic E-state index is 0.271. The Labute approximate surface area is 234 Å². The van der Waals surface area contributed by atoms with Crippen LogP contribution in [-0.2, 0) is 11.0 Å². The second-order valence-corrected chi connectivity index (χ2v) is 9.36. The lowest BCUT2D eigenvalue weighted by Gasteiger charge is -2.27. The number of carbonyl (C=O) groups is 2. The predicted octanol–water partition coefficient (Wildman–Crippen LogP) is 7.80. The molecule has 4 nitrogen and oxygen atoms in total. The lowest BCUT2D eigenvalue weighted by atomic mass is 9.90. The minimum atomic E-state index is -6.08. The fourth-order valence-electron chi connectivity index (χ4n) is 3.36. The third-order valence-corrected chi connectivity index (χ3v) is 5.73. The van der Waals surface area contributed by atoms with E-state index in [1.165, 1.54) is 5.32 Å². The maximum absolute atomic E-state index is 14.4. The van der Waals surface area contributed by atoms with E-state index >= 15 is 0 Å². The van der Waals surface area contributed by atoms with Crippen molar-refractivity contribution >= 4 is 41.1 Å². The van der Waals surface area contributed by atoms with Crippen LogP contribution in [0.15, 0.2) is 42.5 Å². The molecule has 0 aromatic heterocycles. The Morgan fingerprint density at radius 2 is 1.44 bits per heavy atom. The number of allylic oxidation sites excluding steroid dienone is 1. The molecule has 0 bridgehead atoms. The molecule has 0 aliphatic rings. The first kappa shape index (κ1) is 34.1. The van der Waals surface area contributed by atoms with Crippen molar-refractivity contribution in [3.05, 3.63) is 74.8 Å². The van der Waals surface area contributed by atoms with Crippen LogP contribution in [0.3, 0.4) is 0 Å².